The molecule has 1 saturated heterocycles. The van der Waals surface area contributed by atoms with Gasteiger partial charge in [0.25, 0.3) is 0 Å². The van der Waals surface area contributed by atoms with Gasteiger partial charge in [-0.25, -0.2) is 4.98 Å². The molecule has 28 heavy (non-hydrogen) atoms. The normalized spacial score (nSPS) is 17.0. The Morgan fingerprint density at radius 3 is 2.82 bits per heavy atom. The van der Waals surface area contributed by atoms with E-state index in [0.29, 0.717) is 0 Å². The third-order valence-corrected chi connectivity index (χ3v) is 6.81. The molecule has 6 nitrogen and oxygen atoms in total. The van der Waals surface area contributed by atoms with Gasteiger partial charge in [0.05, 0.1) is 17.6 Å². The minimum absolute atomic E-state index is 0.216. The van der Waals surface area contributed by atoms with Crippen LogP contribution in [0.5, 0.6) is 0 Å². The Hall–Kier alpha value is -1.73. The average molecular weight is 404 g/mol. The molecule has 2 heterocycles. The number of ether oxygens (including phenoxy) is 1. The number of hydrogen-bond acceptors (Lipinski definition) is 4. The number of hydrogen-bond donors (Lipinski definition) is 2. The summed E-state index contributed by atoms with van der Waals surface area (Å²) in [6.07, 6.45) is 5.36. The number of para-hydroxylation sites is 2. The molecular weight excluding hydrogens is 370 g/mol. The summed E-state index contributed by atoms with van der Waals surface area (Å²) in [5.41, 5.74) is 2.28. The Morgan fingerprint density at radius 1 is 1.29 bits per heavy atom. The molecule has 0 unspecified atom stereocenters. The van der Waals surface area contributed by atoms with Crippen LogP contribution < -0.4 is 10.6 Å². The number of aryl methyl sites for hydroxylation is 2. The van der Waals surface area contributed by atoms with Gasteiger partial charge in [-0.15, -0.1) is 0 Å². The third kappa shape index (κ3) is 5.20. The average Bonchev–Trinajstić information content (AvgIpc) is 3.05. The van der Waals surface area contributed by atoms with E-state index in [2.05, 4.69) is 58.5 Å². The van der Waals surface area contributed by atoms with E-state index < -0.39 is 0 Å². The van der Waals surface area contributed by atoms with Crippen molar-refractivity contribution in [3.8, 4) is 0 Å². The second-order valence-electron chi connectivity index (χ2n) is 7.27. The fourth-order valence-corrected chi connectivity index (χ4v) is 4.43. The molecule has 0 aliphatic carbocycles. The van der Waals surface area contributed by atoms with Crippen LogP contribution >= 0.6 is 11.8 Å². The number of guanidine groups is 1. The molecule has 3 rings (SSSR count). The Kier molecular flexibility index (Phi) is 7.62. The maximum Gasteiger partial charge on any atom is 0.191 e. The van der Waals surface area contributed by atoms with Crippen LogP contribution in [0.3, 0.4) is 0 Å². The van der Waals surface area contributed by atoms with Gasteiger partial charge in [0.2, 0.25) is 0 Å². The molecule has 2 aromatic rings. The van der Waals surface area contributed by atoms with Crippen molar-refractivity contribution in [3.63, 3.8) is 0 Å². The molecular formula is C21H33N5OS. The van der Waals surface area contributed by atoms with Crippen LogP contribution in [0.25, 0.3) is 11.0 Å². The third-order valence-electron chi connectivity index (χ3n) is 5.40. The van der Waals surface area contributed by atoms with Crippen LogP contribution in [0, 0.1) is 6.92 Å². The van der Waals surface area contributed by atoms with Crippen LogP contribution in [-0.4, -0.2) is 59.4 Å². The molecule has 1 aliphatic heterocycles. The van der Waals surface area contributed by atoms with Gasteiger partial charge < -0.3 is 19.9 Å². The van der Waals surface area contributed by atoms with Crippen molar-refractivity contribution in [2.45, 2.75) is 44.4 Å². The molecule has 0 radical (unpaired) electrons. The van der Waals surface area contributed by atoms with Crippen molar-refractivity contribution in [3.05, 3.63) is 30.1 Å². The summed E-state index contributed by atoms with van der Waals surface area (Å²) in [5.74, 6) is 1.98. The lowest BCUT2D eigenvalue weighted by Crippen LogP contribution is -2.41. The van der Waals surface area contributed by atoms with Crippen LogP contribution in [0.2, 0.25) is 0 Å². The molecule has 0 atom stereocenters. The quantitative estimate of drug-likeness (QED) is 0.403. The maximum absolute atomic E-state index is 5.54. The minimum atomic E-state index is 0.216. The van der Waals surface area contributed by atoms with Crippen molar-refractivity contribution in [2.75, 3.05) is 39.1 Å². The fraction of sp³-hybridized carbons (Fsp3) is 0.619. The SMILES string of the molecule is CCNC(=NCC1(SC)CCOCC1)NCCCn1c(C)nc2ccccc21. The van der Waals surface area contributed by atoms with Crippen LogP contribution in [0.4, 0.5) is 0 Å². The molecule has 0 amide bonds. The molecule has 1 aromatic heterocycles. The summed E-state index contributed by atoms with van der Waals surface area (Å²) >= 11 is 1.93. The Labute approximate surface area is 172 Å². The number of aliphatic imine (C=N–C) groups is 1. The highest BCUT2D eigenvalue weighted by Gasteiger charge is 2.31. The topological polar surface area (TPSA) is 63.5 Å². The van der Waals surface area contributed by atoms with Crippen molar-refractivity contribution < 1.29 is 4.74 Å². The molecule has 1 fully saturated rings. The van der Waals surface area contributed by atoms with Crippen molar-refractivity contribution in [2.24, 2.45) is 4.99 Å². The first-order valence-electron chi connectivity index (χ1n) is 10.2. The predicted octanol–water partition coefficient (Wildman–Crippen LogP) is 3.20. The first kappa shape index (κ1) is 21.0. The summed E-state index contributed by atoms with van der Waals surface area (Å²) in [6, 6.07) is 8.33. The van der Waals surface area contributed by atoms with E-state index in [9.17, 15) is 0 Å². The molecule has 1 aliphatic rings. The summed E-state index contributed by atoms with van der Waals surface area (Å²) in [7, 11) is 0. The summed E-state index contributed by atoms with van der Waals surface area (Å²) in [4.78, 5) is 9.53. The predicted molar refractivity (Wildman–Crippen MR) is 119 cm³/mol. The zero-order chi connectivity index (χ0) is 19.8. The van der Waals surface area contributed by atoms with Gasteiger partial charge in [-0.3, -0.25) is 4.99 Å². The molecule has 1 aromatic carbocycles. The highest BCUT2D eigenvalue weighted by molar-refractivity contribution is 8.00. The van der Waals surface area contributed by atoms with E-state index in [1.807, 2.05) is 17.8 Å². The number of nitrogens with one attached hydrogen (secondary N) is 2. The fourth-order valence-electron chi connectivity index (χ4n) is 3.66. The number of benzene rings is 1. The first-order valence-corrected chi connectivity index (χ1v) is 11.5. The lowest BCUT2D eigenvalue weighted by molar-refractivity contribution is 0.0794. The van der Waals surface area contributed by atoms with Gasteiger partial charge in [-0.2, -0.15) is 11.8 Å². The Bertz CT molecular complexity index is 782. The number of nitrogens with zero attached hydrogens (tertiary/aromatic N) is 3. The number of thioether (sulfide) groups is 1. The molecule has 2 N–H and O–H groups in total. The van der Waals surface area contributed by atoms with E-state index in [1.54, 1.807) is 0 Å². The molecule has 154 valence electrons. The van der Waals surface area contributed by atoms with Gasteiger partial charge in [-0.05, 0) is 51.5 Å². The van der Waals surface area contributed by atoms with Gasteiger partial charge in [0.15, 0.2) is 5.96 Å². The highest BCUT2D eigenvalue weighted by Crippen LogP contribution is 2.33. The number of aromatic nitrogens is 2. The van der Waals surface area contributed by atoms with E-state index >= 15 is 0 Å². The number of fused-ring (bicyclic) bond motifs is 1. The van der Waals surface area contributed by atoms with Crippen LogP contribution in [0.15, 0.2) is 29.3 Å². The lowest BCUT2D eigenvalue weighted by Gasteiger charge is -2.34. The van der Waals surface area contributed by atoms with Gasteiger partial charge in [0, 0.05) is 37.6 Å². The van der Waals surface area contributed by atoms with Crippen molar-refractivity contribution >= 4 is 28.8 Å². The van der Waals surface area contributed by atoms with Crippen molar-refractivity contribution in [1.82, 2.24) is 20.2 Å². The monoisotopic (exact) mass is 403 g/mol. The van der Waals surface area contributed by atoms with E-state index in [4.69, 9.17) is 9.73 Å². The smallest absolute Gasteiger partial charge is 0.191 e. The first-order chi connectivity index (χ1) is 13.7. The number of imidazole rings is 1. The van der Waals surface area contributed by atoms with Gasteiger partial charge in [0.1, 0.15) is 5.82 Å². The van der Waals surface area contributed by atoms with E-state index in [-0.39, 0.29) is 4.75 Å². The number of rotatable bonds is 8. The maximum atomic E-state index is 5.54. The van der Waals surface area contributed by atoms with Crippen molar-refractivity contribution in [1.29, 1.82) is 0 Å². The lowest BCUT2D eigenvalue weighted by atomic mass is 9.99. The van der Waals surface area contributed by atoms with Crippen LogP contribution in [-0.2, 0) is 11.3 Å². The van der Waals surface area contributed by atoms with E-state index in [0.717, 1.165) is 76.0 Å². The van der Waals surface area contributed by atoms with Gasteiger partial charge in [-0.1, -0.05) is 12.1 Å². The summed E-state index contributed by atoms with van der Waals surface area (Å²) in [6.45, 7) is 9.41. The summed E-state index contributed by atoms with van der Waals surface area (Å²) < 4.78 is 8.05. The second kappa shape index (κ2) is 10.2. The zero-order valence-corrected chi connectivity index (χ0v) is 18.1. The standard InChI is InChI=1S/C21H33N5OS/c1-4-22-20(24-16-21(28-3)10-14-27-15-11-21)23-12-7-13-26-17(2)25-18-8-5-6-9-19(18)26/h5-6,8-9H,4,7,10-16H2,1-3H3,(H2,22,23,24). The molecule has 0 spiro atoms. The second-order valence-corrected chi connectivity index (χ2v) is 8.55. The largest absolute Gasteiger partial charge is 0.381 e. The zero-order valence-electron chi connectivity index (χ0n) is 17.3. The van der Waals surface area contributed by atoms with E-state index in [1.165, 1.54) is 5.52 Å². The Morgan fingerprint density at radius 2 is 2.07 bits per heavy atom. The molecule has 7 heteroatoms. The van der Waals surface area contributed by atoms with Crippen LogP contribution in [0.1, 0.15) is 32.0 Å². The highest BCUT2D eigenvalue weighted by atomic mass is 32.2. The molecule has 0 bridgehead atoms. The Balaban J connectivity index is 1.54. The molecule has 0 saturated carbocycles. The summed E-state index contributed by atoms with van der Waals surface area (Å²) in [5, 5.41) is 6.87. The minimum Gasteiger partial charge on any atom is -0.381 e. The van der Waals surface area contributed by atoms with Gasteiger partial charge >= 0.3 is 0 Å².